The second kappa shape index (κ2) is 7.23. The lowest BCUT2D eigenvalue weighted by molar-refractivity contribution is -0.0408. The zero-order valence-corrected chi connectivity index (χ0v) is 15.3. The Morgan fingerprint density at radius 1 is 1.48 bits per heavy atom. The van der Waals surface area contributed by atoms with Crippen LogP contribution in [0.1, 0.15) is 58.1 Å². The van der Waals surface area contributed by atoms with Crippen molar-refractivity contribution >= 4 is 23.0 Å². The quantitative estimate of drug-likeness (QED) is 0.635. The maximum Gasteiger partial charge on any atom is 0.136 e. The van der Waals surface area contributed by atoms with Gasteiger partial charge in [-0.3, -0.25) is 0 Å². The van der Waals surface area contributed by atoms with Crippen LogP contribution in [-0.2, 0) is 11.4 Å². The van der Waals surface area contributed by atoms with Gasteiger partial charge < -0.3 is 9.66 Å². The first kappa shape index (κ1) is 18.9. The van der Waals surface area contributed by atoms with Crippen LogP contribution in [0, 0.1) is 0 Å². The molecule has 7 heteroatoms. The van der Waals surface area contributed by atoms with Crippen molar-refractivity contribution in [3.8, 4) is 0 Å². The van der Waals surface area contributed by atoms with Gasteiger partial charge >= 0.3 is 0 Å². The number of aliphatic hydroxyl groups is 1. The van der Waals surface area contributed by atoms with Crippen LogP contribution in [0.3, 0.4) is 0 Å². The molecule has 4 nitrogen and oxygen atoms in total. The topological polar surface area (TPSA) is 68.2 Å². The minimum Gasteiger partial charge on any atom is -0.598 e. The van der Waals surface area contributed by atoms with Crippen LogP contribution in [0.2, 0.25) is 5.15 Å². The number of halogens is 2. The lowest BCUT2D eigenvalue weighted by Crippen LogP contribution is -2.51. The molecule has 23 heavy (non-hydrogen) atoms. The number of alkyl halides is 1. The number of aromatic nitrogens is 1. The Hall–Kier alpha value is -0.400. The summed E-state index contributed by atoms with van der Waals surface area (Å²) in [6.07, 6.45) is 1.90. The highest BCUT2D eigenvalue weighted by atomic mass is 35.5. The zero-order valence-electron chi connectivity index (χ0n) is 13.7. The summed E-state index contributed by atoms with van der Waals surface area (Å²) >= 11 is 4.59. The summed E-state index contributed by atoms with van der Waals surface area (Å²) in [5, 5.41) is 11.4. The molecule has 0 aliphatic heterocycles. The van der Waals surface area contributed by atoms with Crippen molar-refractivity contribution in [3.05, 3.63) is 29.0 Å². The molecule has 1 aromatic rings. The smallest absolute Gasteiger partial charge is 0.136 e. The van der Waals surface area contributed by atoms with Gasteiger partial charge in [0.15, 0.2) is 0 Å². The lowest BCUT2D eigenvalue weighted by atomic mass is 9.77. The summed E-state index contributed by atoms with van der Waals surface area (Å²) in [7, 11) is 0. The fourth-order valence-corrected chi connectivity index (χ4v) is 3.85. The fourth-order valence-electron chi connectivity index (χ4n) is 2.74. The van der Waals surface area contributed by atoms with Crippen LogP contribution in [-0.4, -0.2) is 31.2 Å². The molecule has 1 saturated carbocycles. The van der Waals surface area contributed by atoms with Crippen LogP contribution < -0.4 is 4.72 Å². The molecule has 0 bridgehead atoms. The minimum atomic E-state index is -1.38. The third kappa shape index (κ3) is 4.79. The Balaban J connectivity index is 2.31. The summed E-state index contributed by atoms with van der Waals surface area (Å²) < 4.78 is 28.6. The van der Waals surface area contributed by atoms with Crippen LogP contribution in [0.4, 0.5) is 4.39 Å². The second-order valence-electron chi connectivity index (χ2n) is 7.12. The molecule has 0 radical (unpaired) electrons. The molecule has 0 saturated heterocycles. The summed E-state index contributed by atoms with van der Waals surface area (Å²) in [4.78, 5) is 3.95. The molecule has 1 aliphatic rings. The first-order chi connectivity index (χ1) is 10.6. The zero-order chi connectivity index (χ0) is 17.3. The summed E-state index contributed by atoms with van der Waals surface area (Å²) in [6, 6.07) is 2.80. The number of rotatable bonds is 4. The van der Waals surface area contributed by atoms with Crippen molar-refractivity contribution < 1.29 is 14.0 Å². The number of hydrogen-bond acceptors (Lipinski definition) is 4. The molecule has 0 amide bonds. The van der Waals surface area contributed by atoms with Crippen molar-refractivity contribution in [2.24, 2.45) is 0 Å². The molecule has 1 fully saturated rings. The molecule has 130 valence electrons. The first-order valence-electron chi connectivity index (χ1n) is 7.78. The van der Waals surface area contributed by atoms with Gasteiger partial charge in [0.1, 0.15) is 22.1 Å². The van der Waals surface area contributed by atoms with Gasteiger partial charge in [0.2, 0.25) is 0 Å². The van der Waals surface area contributed by atoms with Gasteiger partial charge in [0.05, 0.1) is 5.60 Å². The minimum absolute atomic E-state index is 0.301. The van der Waals surface area contributed by atoms with E-state index in [0.29, 0.717) is 36.4 Å². The highest BCUT2D eigenvalue weighted by Crippen LogP contribution is 2.40. The van der Waals surface area contributed by atoms with Gasteiger partial charge in [0, 0.05) is 17.6 Å². The molecule has 1 heterocycles. The number of nitrogens with zero attached hydrogens (tertiary/aromatic N) is 1. The molecular weight excluding hydrogens is 339 g/mol. The van der Waals surface area contributed by atoms with Gasteiger partial charge in [-0.1, -0.05) is 11.6 Å². The predicted molar refractivity (Wildman–Crippen MR) is 91.3 cm³/mol. The predicted octanol–water partition coefficient (Wildman–Crippen LogP) is 3.47. The SMILES string of the molecule is CC(C)(C)[S+]([O-])N[C@@H](c1ccnc(Cl)c1)[C@]1(O)CC[C@H](F)CC1. The Labute approximate surface area is 145 Å². The van der Waals surface area contributed by atoms with Gasteiger partial charge in [-0.15, -0.1) is 4.72 Å². The average molecular weight is 363 g/mol. The van der Waals surface area contributed by atoms with E-state index >= 15 is 0 Å². The van der Waals surface area contributed by atoms with Gasteiger partial charge in [0.25, 0.3) is 0 Å². The van der Waals surface area contributed by atoms with Gasteiger partial charge in [-0.25, -0.2) is 9.37 Å². The van der Waals surface area contributed by atoms with Gasteiger partial charge in [-0.05, 0) is 64.2 Å². The van der Waals surface area contributed by atoms with Crippen molar-refractivity contribution in [2.75, 3.05) is 0 Å². The average Bonchev–Trinajstić information content (AvgIpc) is 2.46. The van der Waals surface area contributed by atoms with E-state index in [4.69, 9.17) is 11.6 Å². The summed E-state index contributed by atoms with van der Waals surface area (Å²) in [5.74, 6) is 0. The van der Waals surface area contributed by atoms with E-state index in [0.717, 1.165) is 0 Å². The van der Waals surface area contributed by atoms with Crippen LogP contribution >= 0.6 is 11.6 Å². The van der Waals surface area contributed by atoms with Crippen molar-refractivity contribution in [3.63, 3.8) is 0 Å². The fraction of sp³-hybridized carbons (Fsp3) is 0.688. The highest BCUT2D eigenvalue weighted by molar-refractivity contribution is 7.90. The molecule has 1 aromatic heterocycles. The molecule has 1 aliphatic carbocycles. The normalized spacial score (nSPS) is 28.4. The Kier molecular flexibility index (Phi) is 5.95. The van der Waals surface area contributed by atoms with Crippen molar-refractivity contribution in [2.45, 2.75) is 69.0 Å². The summed E-state index contributed by atoms with van der Waals surface area (Å²) in [5.41, 5.74) is -0.448. The van der Waals surface area contributed by atoms with Crippen LogP contribution in [0.5, 0.6) is 0 Å². The second-order valence-corrected chi connectivity index (χ2v) is 9.51. The lowest BCUT2D eigenvalue weighted by Gasteiger charge is -2.41. The van der Waals surface area contributed by atoms with E-state index in [2.05, 4.69) is 9.71 Å². The number of pyridine rings is 1. The standard InChI is InChI=1S/C16H24ClFN2O2S/c1-15(2,3)23(22)20-14(11-6-9-19-13(17)10-11)16(21)7-4-12(18)5-8-16/h6,9-10,12,14,20-21H,4-5,7-8H2,1-3H3/t12-,14-,16-,23?/m0/s1. The van der Waals surface area contributed by atoms with Gasteiger partial charge in [-0.2, -0.15) is 0 Å². The molecular formula is C16H24ClFN2O2S. The van der Waals surface area contributed by atoms with E-state index in [1.54, 1.807) is 18.3 Å². The first-order valence-corrected chi connectivity index (χ1v) is 9.30. The van der Waals surface area contributed by atoms with Crippen LogP contribution in [0.25, 0.3) is 0 Å². The maximum atomic E-state index is 13.5. The largest absolute Gasteiger partial charge is 0.598 e. The third-order valence-corrected chi connectivity index (χ3v) is 5.95. The Morgan fingerprint density at radius 2 is 2.09 bits per heavy atom. The van der Waals surface area contributed by atoms with E-state index in [1.165, 1.54) is 0 Å². The van der Waals surface area contributed by atoms with E-state index in [9.17, 15) is 14.0 Å². The van der Waals surface area contributed by atoms with E-state index in [1.807, 2.05) is 20.8 Å². The van der Waals surface area contributed by atoms with Crippen molar-refractivity contribution in [1.82, 2.24) is 9.71 Å². The number of nitrogens with one attached hydrogen (secondary N) is 1. The third-order valence-electron chi connectivity index (χ3n) is 4.18. The molecule has 2 N–H and O–H groups in total. The maximum absolute atomic E-state index is 13.5. The molecule has 0 spiro atoms. The highest BCUT2D eigenvalue weighted by Gasteiger charge is 2.45. The molecule has 0 aromatic carbocycles. The Morgan fingerprint density at radius 3 is 2.61 bits per heavy atom. The Bertz CT molecular complexity index is 533. The van der Waals surface area contributed by atoms with E-state index < -0.39 is 33.9 Å². The number of hydrogen-bond donors (Lipinski definition) is 2. The molecule has 2 rings (SSSR count). The van der Waals surface area contributed by atoms with E-state index in [-0.39, 0.29) is 0 Å². The molecule has 2 atom stereocenters. The molecule has 1 unspecified atom stereocenters. The van der Waals surface area contributed by atoms with Crippen LogP contribution in [0.15, 0.2) is 18.3 Å². The monoisotopic (exact) mass is 362 g/mol. The van der Waals surface area contributed by atoms with Crippen molar-refractivity contribution in [1.29, 1.82) is 0 Å². The summed E-state index contributed by atoms with van der Waals surface area (Å²) in [6.45, 7) is 5.57.